The average Bonchev–Trinajstić information content (AvgIpc) is 2.75. The van der Waals surface area contributed by atoms with Crippen LogP contribution in [0, 0.1) is 19.8 Å². The Labute approximate surface area is 103 Å². The maximum atomic E-state index is 12.3. The number of nitrogens with two attached hydrogens (primary N) is 1. The van der Waals surface area contributed by atoms with E-state index in [2.05, 4.69) is 6.07 Å². The summed E-state index contributed by atoms with van der Waals surface area (Å²) in [6.07, 6.45) is 1.03. The first-order valence-electron chi connectivity index (χ1n) is 6.18. The zero-order chi connectivity index (χ0) is 12.4. The van der Waals surface area contributed by atoms with E-state index >= 15 is 0 Å². The lowest BCUT2D eigenvalue weighted by Gasteiger charge is -2.17. The number of rotatable bonds is 2. The van der Waals surface area contributed by atoms with Gasteiger partial charge in [0.1, 0.15) is 0 Å². The van der Waals surface area contributed by atoms with Gasteiger partial charge in [0.15, 0.2) is 0 Å². The van der Waals surface area contributed by atoms with Gasteiger partial charge < -0.3 is 10.6 Å². The molecule has 92 valence electrons. The summed E-state index contributed by atoms with van der Waals surface area (Å²) in [6, 6.07) is 6.01. The highest BCUT2D eigenvalue weighted by Gasteiger charge is 2.25. The van der Waals surface area contributed by atoms with Crippen molar-refractivity contribution in [3.05, 3.63) is 34.9 Å². The summed E-state index contributed by atoms with van der Waals surface area (Å²) >= 11 is 0. The van der Waals surface area contributed by atoms with Crippen LogP contribution in [0.15, 0.2) is 18.2 Å². The van der Waals surface area contributed by atoms with Crippen LogP contribution in [-0.2, 0) is 0 Å². The molecule has 0 bridgehead atoms. The third-order valence-corrected chi connectivity index (χ3v) is 3.38. The molecule has 1 atom stereocenters. The maximum Gasteiger partial charge on any atom is 0.253 e. The molecule has 0 aliphatic carbocycles. The molecule has 3 nitrogen and oxygen atoms in total. The standard InChI is InChI=1S/C14H20N2O/c1-10-5-11(2)7-13(6-10)14(17)16-4-3-12(8-15)9-16/h5-7,12H,3-4,8-9,15H2,1-2H3. The quantitative estimate of drug-likeness (QED) is 0.844. The van der Waals surface area contributed by atoms with Crippen molar-refractivity contribution in [2.45, 2.75) is 20.3 Å². The molecule has 1 heterocycles. The number of aryl methyl sites for hydroxylation is 2. The van der Waals surface area contributed by atoms with Crippen LogP contribution in [0.2, 0.25) is 0 Å². The van der Waals surface area contributed by atoms with Gasteiger partial charge in [0, 0.05) is 18.7 Å². The monoisotopic (exact) mass is 232 g/mol. The van der Waals surface area contributed by atoms with Gasteiger partial charge in [-0.25, -0.2) is 0 Å². The molecular weight excluding hydrogens is 212 g/mol. The third-order valence-electron chi connectivity index (χ3n) is 3.38. The molecule has 0 saturated carbocycles. The number of nitrogens with zero attached hydrogens (tertiary/aromatic N) is 1. The second kappa shape index (κ2) is 4.88. The molecule has 1 aromatic rings. The van der Waals surface area contributed by atoms with Crippen molar-refractivity contribution in [1.82, 2.24) is 4.90 Å². The SMILES string of the molecule is Cc1cc(C)cc(C(=O)N2CCC(CN)C2)c1. The number of hydrogen-bond acceptors (Lipinski definition) is 2. The van der Waals surface area contributed by atoms with Crippen LogP contribution >= 0.6 is 0 Å². The van der Waals surface area contributed by atoms with Crippen LogP contribution < -0.4 is 5.73 Å². The van der Waals surface area contributed by atoms with Crippen molar-refractivity contribution in [3.63, 3.8) is 0 Å². The lowest BCUT2D eigenvalue weighted by molar-refractivity contribution is 0.0787. The van der Waals surface area contributed by atoms with Gasteiger partial charge in [-0.05, 0) is 44.9 Å². The molecule has 1 fully saturated rings. The Morgan fingerprint density at radius 1 is 1.35 bits per heavy atom. The highest BCUT2D eigenvalue weighted by atomic mass is 16.2. The molecule has 1 unspecified atom stereocenters. The van der Waals surface area contributed by atoms with Gasteiger partial charge in [-0.2, -0.15) is 0 Å². The van der Waals surface area contributed by atoms with Crippen molar-refractivity contribution in [1.29, 1.82) is 0 Å². The lowest BCUT2D eigenvalue weighted by Crippen LogP contribution is -2.29. The zero-order valence-corrected chi connectivity index (χ0v) is 10.6. The Kier molecular flexibility index (Phi) is 3.48. The number of carbonyl (C=O) groups is 1. The van der Waals surface area contributed by atoms with Crippen molar-refractivity contribution in [3.8, 4) is 0 Å². The summed E-state index contributed by atoms with van der Waals surface area (Å²) < 4.78 is 0. The highest BCUT2D eigenvalue weighted by molar-refractivity contribution is 5.94. The van der Waals surface area contributed by atoms with E-state index in [1.165, 1.54) is 0 Å². The highest BCUT2D eigenvalue weighted by Crippen LogP contribution is 2.19. The van der Waals surface area contributed by atoms with E-state index in [1.807, 2.05) is 30.9 Å². The average molecular weight is 232 g/mol. The van der Waals surface area contributed by atoms with Gasteiger partial charge in [-0.3, -0.25) is 4.79 Å². The van der Waals surface area contributed by atoms with Crippen molar-refractivity contribution >= 4 is 5.91 Å². The maximum absolute atomic E-state index is 12.3. The molecule has 1 saturated heterocycles. The molecule has 0 aromatic heterocycles. The van der Waals surface area contributed by atoms with E-state index in [9.17, 15) is 4.79 Å². The fraction of sp³-hybridized carbons (Fsp3) is 0.500. The largest absolute Gasteiger partial charge is 0.338 e. The molecule has 3 heteroatoms. The van der Waals surface area contributed by atoms with Gasteiger partial charge in [-0.15, -0.1) is 0 Å². The second-order valence-corrected chi connectivity index (χ2v) is 5.02. The summed E-state index contributed by atoms with van der Waals surface area (Å²) in [7, 11) is 0. The Morgan fingerprint density at radius 3 is 2.53 bits per heavy atom. The second-order valence-electron chi connectivity index (χ2n) is 5.02. The first-order chi connectivity index (χ1) is 8.10. The minimum absolute atomic E-state index is 0.146. The summed E-state index contributed by atoms with van der Waals surface area (Å²) in [5.74, 6) is 0.623. The van der Waals surface area contributed by atoms with Crippen molar-refractivity contribution in [2.24, 2.45) is 11.7 Å². The van der Waals surface area contributed by atoms with E-state index in [-0.39, 0.29) is 5.91 Å². The van der Waals surface area contributed by atoms with Crippen molar-refractivity contribution < 1.29 is 4.79 Å². The Morgan fingerprint density at radius 2 is 2.00 bits per heavy atom. The summed E-state index contributed by atoms with van der Waals surface area (Å²) in [6.45, 7) is 6.37. The van der Waals surface area contributed by atoms with E-state index in [1.54, 1.807) is 0 Å². The van der Waals surface area contributed by atoms with Gasteiger partial charge >= 0.3 is 0 Å². The molecule has 0 spiro atoms. The topological polar surface area (TPSA) is 46.3 Å². The molecule has 0 radical (unpaired) electrons. The predicted molar refractivity (Wildman–Crippen MR) is 69.0 cm³/mol. The Bertz CT molecular complexity index is 408. The smallest absolute Gasteiger partial charge is 0.253 e. The van der Waals surface area contributed by atoms with Crippen LogP contribution in [0.25, 0.3) is 0 Å². The predicted octanol–water partition coefficient (Wildman–Crippen LogP) is 1.72. The molecule has 2 N–H and O–H groups in total. The first kappa shape index (κ1) is 12.1. The number of hydrogen-bond donors (Lipinski definition) is 1. The number of benzene rings is 1. The Hall–Kier alpha value is -1.35. The number of carbonyl (C=O) groups excluding carboxylic acids is 1. The normalized spacial score (nSPS) is 19.7. The summed E-state index contributed by atoms with van der Waals surface area (Å²) in [4.78, 5) is 14.2. The summed E-state index contributed by atoms with van der Waals surface area (Å²) in [5.41, 5.74) is 8.73. The molecule has 1 amide bonds. The van der Waals surface area contributed by atoms with Crippen LogP contribution in [0.1, 0.15) is 27.9 Å². The molecule has 1 aromatic carbocycles. The van der Waals surface area contributed by atoms with Gasteiger partial charge in [0.2, 0.25) is 0 Å². The fourth-order valence-electron chi connectivity index (χ4n) is 2.49. The van der Waals surface area contributed by atoms with Crippen LogP contribution in [-0.4, -0.2) is 30.4 Å². The molecule has 2 rings (SSSR count). The molecule has 17 heavy (non-hydrogen) atoms. The number of amides is 1. The minimum atomic E-state index is 0.146. The molecule has 1 aliphatic rings. The van der Waals surface area contributed by atoms with Gasteiger partial charge in [-0.1, -0.05) is 17.2 Å². The van der Waals surface area contributed by atoms with E-state index in [0.717, 1.165) is 36.2 Å². The van der Waals surface area contributed by atoms with E-state index < -0.39 is 0 Å². The Balaban J connectivity index is 2.14. The fourth-order valence-corrected chi connectivity index (χ4v) is 2.49. The first-order valence-corrected chi connectivity index (χ1v) is 6.18. The van der Waals surface area contributed by atoms with Gasteiger partial charge in [0.25, 0.3) is 5.91 Å². The van der Waals surface area contributed by atoms with Crippen LogP contribution in [0.3, 0.4) is 0 Å². The van der Waals surface area contributed by atoms with Crippen LogP contribution in [0.5, 0.6) is 0 Å². The molecule has 1 aliphatic heterocycles. The van der Waals surface area contributed by atoms with Crippen molar-refractivity contribution in [2.75, 3.05) is 19.6 Å². The third kappa shape index (κ3) is 2.67. The lowest BCUT2D eigenvalue weighted by atomic mass is 10.1. The van der Waals surface area contributed by atoms with Crippen LogP contribution in [0.4, 0.5) is 0 Å². The van der Waals surface area contributed by atoms with E-state index in [0.29, 0.717) is 12.5 Å². The minimum Gasteiger partial charge on any atom is -0.338 e. The number of likely N-dealkylation sites (tertiary alicyclic amines) is 1. The van der Waals surface area contributed by atoms with Gasteiger partial charge in [0.05, 0.1) is 0 Å². The van der Waals surface area contributed by atoms with E-state index in [4.69, 9.17) is 5.73 Å². The summed E-state index contributed by atoms with van der Waals surface area (Å²) in [5, 5.41) is 0. The molecular formula is C14H20N2O. The zero-order valence-electron chi connectivity index (χ0n) is 10.6.